The number of halogens is 2. The number of carbonyl (C=O) groups excluding carboxylic acids is 2. The Balaban J connectivity index is 2.00. The first kappa shape index (κ1) is 30.1. The van der Waals surface area contributed by atoms with E-state index in [9.17, 15) is 22.4 Å². The number of hydrogen-bond acceptors (Lipinski definition) is 4. The quantitative estimate of drug-likeness (QED) is 0.297. The topological polar surface area (TPSA) is 86.8 Å². The van der Waals surface area contributed by atoms with Crippen molar-refractivity contribution < 1.29 is 22.4 Å². The average molecular weight is 574 g/mol. The summed E-state index contributed by atoms with van der Waals surface area (Å²) in [6.07, 6.45) is 1.69. The molecule has 3 aromatic rings. The van der Waals surface area contributed by atoms with Crippen molar-refractivity contribution in [1.82, 2.24) is 10.2 Å². The fraction of sp³-hybridized carbons (Fsp3) is 0.310. The number of nitrogens with one attached hydrogen (secondary N) is 1. The van der Waals surface area contributed by atoms with Gasteiger partial charge in [0, 0.05) is 13.1 Å². The molecule has 0 radical (unpaired) electrons. The number of unbranched alkanes of at least 4 members (excludes halogenated alkanes) is 1. The average Bonchev–Trinajstić information content (AvgIpc) is 2.93. The first-order chi connectivity index (χ1) is 18.5. The molecule has 1 atom stereocenters. The summed E-state index contributed by atoms with van der Waals surface area (Å²) < 4.78 is 42.2. The third kappa shape index (κ3) is 7.80. The molecule has 3 rings (SSSR count). The molecular weight excluding hydrogens is 541 g/mol. The molecule has 208 valence electrons. The van der Waals surface area contributed by atoms with Gasteiger partial charge in [0.1, 0.15) is 18.4 Å². The lowest BCUT2D eigenvalue weighted by molar-refractivity contribution is -0.139. The van der Waals surface area contributed by atoms with Crippen molar-refractivity contribution in [3.05, 3.63) is 94.8 Å². The van der Waals surface area contributed by atoms with Gasteiger partial charge in [0.05, 0.1) is 15.6 Å². The number of amides is 2. The highest BCUT2D eigenvalue weighted by Crippen LogP contribution is 2.28. The Morgan fingerprint density at radius 2 is 1.69 bits per heavy atom. The second-order valence-electron chi connectivity index (χ2n) is 9.25. The zero-order valence-corrected chi connectivity index (χ0v) is 23.8. The molecule has 1 unspecified atom stereocenters. The summed E-state index contributed by atoms with van der Waals surface area (Å²) in [6, 6.07) is 17.7. The molecule has 1 N–H and O–H groups in total. The van der Waals surface area contributed by atoms with E-state index in [0.29, 0.717) is 6.54 Å². The van der Waals surface area contributed by atoms with Gasteiger partial charge >= 0.3 is 0 Å². The number of aryl methyl sites for hydroxylation is 1. The van der Waals surface area contributed by atoms with E-state index in [2.05, 4.69) is 5.32 Å². The largest absolute Gasteiger partial charge is 0.354 e. The molecule has 10 heteroatoms. The molecule has 0 saturated heterocycles. The number of carbonyl (C=O) groups is 2. The van der Waals surface area contributed by atoms with Gasteiger partial charge in [0.25, 0.3) is 10.0 Å². The highest BCUT2D eigenvalue weighted by molar-refractivity contribution is 7.92. The van der Waals surface area contributed by atoms with E-state index in [1.54, 1.807) is 25.1 Å². The number of hydrogen-bond donors (Lipinski definition) is 1. The van der Waals surface area contributed by atoms with Crippen LogP contribution >= 0.6 is 11.6 Å². The highest BCUT2D eigenvalue weighted by atomic mass is 35.5. The van der Waals surface area contributed by atoms with E-state index in [0.717, 1.165) is 40.4 Å². The van der Waals surface area contributed by atoms with Crippen LogP contribution in [0.1, 0.15) is 37.8 Å². The molecule has 0 bridgehead atoms. The Bertz CT molecular complexity index is 1390. The van der Waals surface area contributed by atoms with E-state index in [1.165, 1.54) is 23.1 Å². The normalized spacial score (nSPS) is 12.0. The minimum atomic E-state index is -4.25. The molecule has 0 aliphatic carbocycles. The molecule has 3 aromatic carbocycles. The molecule has 0 aliphatic heterocycles. The summed E-state index contributed by atoms with van der Waals surface area (Å²) >= 11 is 5.98. The maximum absolute atomic E-state index is 13.9. The number of nitrogens with zero attached hydrogens (tertiary/aromatic N) is 2. The van der Waals surface area contributed by atoms with Crippen molar-refractivity contribution >= 4 is 39.1 Å². The van der Waals surface area contributed by atoms with Crippen LogP contribution < -0.4 is 9.62 Å². The number of anilines is 1. The number of rotatable bonds is 12. The molecule has 0 heterocycles. The van der Waals surface area contributed by atoms with Crippen molar-refractivity contribution in [2.24, 2.45) is 0 Å². The molecule has 0 aromatic heterocycles. The van der Waals surface area contributed by atoms with Crippen LogP contribution in [0.15, 0.2) is 77.7 Å². The van der Waals surface area contributed by atoms with Gasteiger partial charge in [-0.3, -0.25) is 13.9 Å². The van der Waals surface area contributed by atoms with Crippen LogP contribution in [0.2, 0.25) is 5.02 Å². The van der Waals surface area contributed by atoms with Crippen LogP contribution in [0.5, 0.6) is 0 Å². The Kier molecular flexibility index (Phi) is 10.5. The second-order valence-corrected chi connectivity index (χ2v) is 11.5. The fourth-order valence-corrected chi connectivity index (χ4v) is 5.50. The number of sulfonamides is 1. The van der Waals surface area contributed by atoms with Crippen molar-refractivity contribution in [2.45, 2.75) is 51.1 Å². The highest BCUT2D eigenvalue weighted by Gasteiger charge is 2.32. The Hall–Kier alpha value is -3.43. The third-order valence-corrected chi connectivity index (χ3v) is 8.35. The van der Waals surface area contributed by atoms with Gasteiger partial charge in [-0.2, -0.15) is 0 Å². The SMILES string of the molecule is CCCCNC(=O)C(C)N(Cc1ccc(C)cc1)C(=O)CN(c1ccc(F)c(Cl)c1)S(=O)(=O)c1ccccc1. The van der Waals surface area contributed by atoms with Crippen LogP contribution in [0.4, 0.5) is 10.1 Å². The van der Waals surface area contributed by atoms with Crippen molar-refractivity contribution in [1.29, 1.82) is 0 Å². The van der Waals surface area contributed by atoms with E-state index in [1.807, 2.05) is 38.1 Å². The summed E-state index contributed by atoms with van der Waals surface area (Å²) in [4.78, 5) is 28.1. The van der Waals surface area contributed by atoms with Gasteiger partial charge in [-0.25, -0.2) is 12.8 Å². The van der Waals surface area contributed by atoms with Crippen LogP contribution in [-0.2, 0) is 26.2 Å². The minimum absolute atomic E-state index is 0.0222. The van der Waals surface area contributed by atoms with Gasteiger partial charge in [-0.15, -0.1) is 0 Å². The van der Waals surface area contributed by atoms with Crippen molar-refractivity contribution in [3.63, 3.8) is 0 Å². The maximum Gasteiger partial charge on any atom is 0.264 e. The van der Waals surface area contributed by atoms with Gasteiger partial charge in [0.15, 0.2) is 0 Å². The predicted molar refractivity (Wildman–Crippen MR) is 151 cm³/mol. The zero-order valence-electron chi connectivity index (χ0n) is 22.2. The zero-order chi connectivity index (χ0) is 28.6. The van der Waals surface area contributed by atoms with E-state index >= 15 is 0 Å². The van der Waals surface area contributed by atoms with E-state index in [-0.39, 0.29) is 28.1 Å². The van der Waals surface area contributed by atoms with Crippen LogP contribution in [0.25, 0.3) is 0 Å². The van der Waals surface area contributed by atoms with Crippen molar-refractivity contribution in [2.75, 3.05) is 17.4 Å². The lowest BCUT2D eigenvalue weighted by atomic mass is 10.1. The molecule has 0 saturated carbocycles. The third-order valence-electron chi connectivity index (χ3n) is 6.27. The van der Waals surface area contributed by atoms with Gasteiger partial charge in [-0.05, 0) is 56.2 Å². The summed E-state index contributed by atoms with van der Waals surface area (Å²) in [5, 5.41) is 2.56. The molecule has 0 fully saturated rings. The number of benzene rings is 3. The van der Waals surface area contributed by atoms with Gasteiger partial charge in [-0.1, -0.05) is 73.0 Å². The van der Waals surface area contributed by atoms with Gasteiger partial charge < -0.3 is 10.2 Å². The smallest absolute Gasteiger partial charge is 0.264 e. The van der Waals surface area contributed by atoms with Crippen LogP contribution in [0, 0.1) is 12.7 Å². The van der Waals surface area contributed by atoms with Crippen LogP contribution in [-0.4, -0.2) is 44.3 Å². The standard InChI is InChI=1S/C29H33ClFN3O4S/c1-4-5-17-32-29(36)22(3)33(19-23-13-11-21(2)12-14-23)28(35)20-34(24-15-16-27(31)26(30)18-24)39(37,38)25-9-7-6-8-10-25/h6-16,18,22H,4-5,17,19-20H2,1-3H3,(H,32,36). The van der Waals surface area contributed by atoms with E-state index in [4.69, 9.17) is 11.6 Å². The summed E-state index contributed by atoms with van der Waals surface area (Å²) in [6.45, 7) is 5.48. The summed E-state index contributed by atoms with van der Waals surface area (Å²) in [7, 11) is -4.25. The molecular formula is C29H33ClFN3O4S. The lowest BCUT2D eigenvalue weighted by Gasteiger charge is -2.32. The Labute approximate surface area is 234 Å². The molecule has 2 amide bonds. The Morgan fingerprint density at radius 1 is 1.03 bits per heavy atom. The monoisotopic (exact) mass is 573 g/mol. The predicted octanol–water partition coefficient (Wildman–Crippen LogP) is 5.32. The second kappa shape index (κ2) is 13.6. The van der Waals surface area contributed by atoms with E-state index < -0.39 is 34.3 Å². The van der Waals surface area contributed by atoms with Crippen LogP contribution in [0.3, 0.4) is 0 Å². The molecule has 0 aliphatic rings. The molecule has 7 nitrogen and oxygen atoms in total. The summed E-state index contributed by atoms with van der Waals surface area (Å²) in [5.74, 6) is -1.66. The lowest BCUT2D eigenvalue weighted by Crippen LogP contribution is -2.51. The van der Waals surface area contributed by atoms with Crippen molar-refractivity contribution in [3.8, 4) is 0 Å². The summed E-state index contributed by atoms with van der Waals surface area (Å²) in [5.41, 5.74) is 1.84. The minimum Gasteiger partial charge on any atom is -0.354 e. The van der Waals surface area contributed by atoms with Gasteiger partial charge in [0.2, 0.25) is 11.8 Å². The fourth-order valence-electron chi connectivity index (χ4n) is 3.90. The molecule has 0 spiro atoms. The first-order valence-electron chi connectivity index (χ1n) is 12.7. The maximum atomic E-state index is 13.9. The molecule has 39 heavy (non-hydrogen) atoms. The Morgan fingerprint density at radius 3 is 2.31 bits per heavy atom. The first-order valence-corrected chi connectivity index (χ1v) is 14.5.